The number of rotatable bonds is 3. The average molecular weight is 621 g/mol. The first-order valence-electron chi connectivity index (χ1n) is 17.2. The lowest BCUT2D eigenvalue weighted by molar-refractivity contribution is -0.141. The molecule has 5 heterocycles. The van der Waals surface area contributed by atoms with Gasteiger partial charge in [-0.1, -0.05) is 20.4 Å². The van der Waals surface area contributed by atoms with E-state index in [1.54, 1.807) is 4.90 Å². The van der Waals surface area contributed by atoms with Gasteiger partial charge in [0.25, 0.3) is 0 Å². The normalized spacial score (nSPS) is 43.2. The highest BCUT2D eigenvalue weighted by atomic mass is 19.1. The molecule has 0 spiro atoms. The minimum Gasteiger partial charge on any atom is -0.378 e. The molecule has 6 fully saturated rings. The van der Waals surface area contributed by atoms with Crippen LogP contribution in [0.4, 0.5) is 13.6 Å². The molecule has 248 valence electrons. The standard InChI is InChI=1S/C33H54F2N6O3/c1-6-25(42)39-14-15-40(33(4,5)18-39)30-21-17-23(35)28-26-22(34)10-7-11-24(26)44-16-8-9-20-12-13-36-27(19(2)3)29(20)41(31(21)37-28)32(43)38-30/h6,19-24,26-31,36-37H,1,7-18H2,2-5H3,(H,38,43). The van der Waals surface area contributed by atoms with Gasteiger partial charge in [-0.05, 0) is 83.2 Å². The van der Waals surface area contributed by atoms with E-state index in [0.717, 1.165) is 38.6 Å². The molecule has 3 amide bonds. The van der Waals surface area contributed by atoms with Crippen molar-refractivity contribution in [3.05, 3.63) is 12.7 Å². The number of nitrogens with zero attached hydrogens (tertiary/aromatic N) is 3. The summed E-state index contributed by atoms with van der Waals surface area (Å²) in [6, 6.07) is -0.869. The van der Waals surface area contributed by atoms with Crippen LogP contribution in [0.1, 0.15) is 72.6 Å². The van der Waals surface area contributed by atoms with Crippen LogP contribution in [0.5, 0.6) is 0 Å². The second kappa shape index (κ2) is 12.8. The van der Waals surface area contributed by atoms with E-state index in [0.29, 0.717) is 32.7 Å². The fraction of sp³-hybridized carbons (Fsp3) is 0.879. The van der Waals surface area contributed by atoms with Crippen LogP contribution in [-0.2, 0) is 9.53 Å². The lowest BCUT2D eigenvalue weighted by Gasteiger charge is -2.61. The predicted molar refractivity (Wildman–Crippen MR) is 165 cm³/mol. The molecule has 5 aliphatic heterocycles. The van der Waals surface area contributed by atoms with Gasteiger partial charge in [-0.15, -0.1) is 0 Å². The van der Waals surface area contributed by atoms with E-state index >= 15 is 8.78 Å². The van der Waals surface area contributed by atoms with Gasteiger partial charge in [0.1, 0.15) is 12.3 Å². The summed E-state index contributed by atoms with van der Waals surface area (Å²) in [7, 11) is 0. The second-order valence-electron chi connectivity index (χ2n) is 15.2. The number of piperazine rings is 1. The van der Waals surface area contributed by atoms with Crippen LogP contribution in [0.2, 0.25) is 0 Å². The topological polar surface area (TPSA) is 89.2 Å². The van der Waals surface area contributed by atoms with E-state index in [1.165, 1.54) is 6.08 Å². The third-order valence-corrected chi connectivity index (χ3v) is 11.7. The zero-order chi connectivity index (χ0) is 31.3. The SMILES string of the molecule is C=CC(=O)N1CCN(C2NC(=O)N3C4NC(C(F)CC42)C2C(F)CCCC2OCCCC2CCNC(C(C)C)C23)C(C)(C)C1. The average Bonchev–Trinajstić information content (AvgIpc) is 2.98. The molecule has 3 N–H and O–H groups in total. The predicted octanol–water partition coefficient (Wildman–Crippen LogP) is 3.41. The summed E-state index contributed by atoms with van der Waals surface area (Å²) in [5.74, 6) is -0.396. The highest BCUT2D eigenvalue weighted by molar-refractivity contribution is 5.87. The van der Waals surface area contributed by atoms with Crippen molar-refractivity contribution in [1.82, 2.24) is 30.7 Å². The lowest BCUT2D eigenvalue weighted by Crippen LogP contribution is -2.81. The Morgan fingerprint density at radius 3 is 2.61 bits per heavy atom. The quantitative estimate of drug-likeness (QED) is 0.420. The Labute approximate surface area is 261 Å². The third-order valence-electron chi connectivity index (χ3n) is 11.7. The van der Waals surface area contributed by atoms with Crippen molar-refractivity contribution >= 4 is 11.9 Å². The molecule has 0 aromatic rings. The maximum absolute atomic E-state index is 16.6. The van der Waals surface area contributed by atoms with Crippen LogP contribution < -0.4 is 16.0 Å². The Balaban J connectivity index is 1.39. The fourth-order valence-electron chi connectivity index (χ4n) is 9.69. The first kappa shape index (κ1) is 32.1. The van der Waals surface area contributed by atoms with Crippen LogP contribution in [0, 0.1) is 23.7 Å². The van der Waals surface area contributed by atoms with Crippen molar-refractivity contribution in [1.29, 1.82) is 0 Å². The van der Waals surface area contributed by atoms with Gasteiger partial charge in [0.2, 0.25) is 5.91 Å². The number of fused-ring (bicyclic) bond motifs is 5. The number of amides is 3. The van der Waals surface area contributed by atoms with E-state index < -0.39 is 42.2 Å². The highest BCUT2D eigenvalue weighted by Gasteiger charge is 2.58. The van der Waals surface area contributed by atoms with Crippen LogP contribution in [0.15, 0.2) is 12.7 Å². The van der Waals surface area contributed by atoms with E-state index in [9.17, 15) is 9.59 Å². The molecule has 44 heavy (non-hydrogen) atoms. The Morgan fingerprint density at radius 1 is 1.09 bits per heavy atom. The van der Waals surface area contributed by atoms with Crippen LogP contribution in [-0.4, -0.2) is 114 Å². The van der Waals surface area contributed by atoms with Crippen molar-refractivity contribution < 1.29 is 23.1 Å². The lowest BCUT2D eigenvalue weighted by atomic mass is 9.72. The molecule has 11 unspecified atom stereocenters. The van der Waals surface area contributed by atoms with Crippen LogP contribution in [0.25, 0.3) is 0 Å². The number of ether oxygens (including phenoxy) is 1. The molecule has 6 aliphatic rings. The van der Waals surface area contributed by atoms with Crippen LogP contribution >= 0.6 is 0 Å². The van der Waals surface area contributed by atoms with E-state index in [2.05, 4.69) is 55.1 Å². The molecule has 11 atom stereocenters. The highest BCUT2D eigenvalue weighted by Crippen LogP contribution is 2.44. The Bertz CT molecular complexity index is 1080. The number of piperidine rings is 2. The Hall–Kier alpha value is -1.82. The minimum atomic E-state index is -1.28. The number of hydrogen-bond donors (Lipinski definition) is 3. The van der Waals surface area contributed by atoms with E-state index in [4.69, 9.17) is 4.74 Å². The number of nitrogens with one attached hydrogen (secondary N) is 3. The van der Waals surface area contributed by atoms with Crippen LogP contribution in [0.3, 0.4) is 0 Å². The molecule has 5 saturated heterocycles. The zero-order valence-electron chi connectivity index (χ0n) is 27.0. The third kappa shape index (κ3) is 5.79. The maximum Gasteiger partial charge on any atom is 0.320 e. The van der Waals surface area contributed by atoms with Gasteiger partial charge in [-0.25, -0.2) is 13.6 Å². The molecule has 6 rings (SSSR count). The summed E-state index contributed by atoms with van der Waals surface area (Å²) in [4.78, 5) is 33.1. The molecule has 11 heteroatoms. The molecule has 0 aromatic carbocycles. The molecular weight excluding hydrogens is 566 g/mol. The molecular formula is C33H54F2N6O3. The largest absolute Gasteiger partial charge is 0.378 e. The van der Waals surface area contributed by atoms with Gasteiger partial charge in [-0.2, -0.15) is 0 Å². The Morgan fingerprint density at radius 2 is 1.89 bits per heavy atom. The number of urea groups is 1. The minimum absolute atomic E-state index is 0.0839. The summed E-state index contributed by atoms with van der Waals surface area (Å²) in [5, 5.41) is 10.7. The first-order valence-corrected chi connectivity index (χ1v) is 17.2. The van der Waals surface area contributed by atoms with Gasteiger partial charge in [0, 0.05) is 55.7 Å². The smallest absolute Gasteiger partial charge is 0.320 e. The number of carbonyl (C=O) groups is 2. The number of carbonyl (C=O) groups excluding carboxylic acids is 2. The van der Waals surface area contributed by atoms with Gasteiger partial charge >= 0.3 is 6.03 Å². The summed E-state index contributed by atoms with van der Waals surface area (Å²) in [6.45, 7) is 15.2. The molecule has 1 saturated carbocycles. The number of hydrogen-bond acceptors (Lipinski definition) is 6. The van der Waals surface area contributed by atoms with Crippen molar-refractivity contribution in [3.8, 4) is 0 Å². The van der Waals surface area contributed by atoms with E-state index in [1.807, 2.05) is 4.90 Å². The monoisotopic (exact) mass is 620 g/mol. The summed E-state index contributed by atoms with van der Waals surface area (Å²) in [6.07, 6.45) is 2.58. The summed E-state index contributed by atoms with van der Waals surface area (Å²) < 4.78 is 38.7. The van der Waals surface area contributed by atoms with Gasteiger partial charge in [-0.3, -0.25) is 15.0 Å². The number of halogens is 2. The maximum atomic E-state index is 16.6. The molecule has 0 aromatic heterocycles. The summed E-state index contributed by atoms with van der Waals surface area (Å²) in [5.41, 5.74) is -0.465. The van der Waals surface area contributed by atoms with Gasteiger partial charge in [0.15, 0.2) is 0 Å². The van der Waals surface area contributed by atoms with Gasteiger partial charge in [0.05, 0.1) is 24.5 Å². The van der Waals surface area contributed by atoms with Crippen molar-refractivity contribution in [2.24, 2.45) is 23.7 Å². The molecule has 9 nitrogen and oxygen atoms in total. The molecule has 1 aliphatic carbocycles. The van der Waals surface area contributed by atoms with Crippen molar-refractivity contribution in [2.75, 3.05) is 32.8 Å². The van der Waals surface area contributed by atoms with E-state index in [-0.39, 0.29) is 54.3 Å². The van der Waals surface area contributed by atoms with Crippen molar-refractivity contribution in [2.45, 2.75) is 127 Å². The number of alkyl halides is 2. The van der Waals surface area contributed by atoms with Gasteiger partial charge < -0.3 is 25.2 Å². The molecule has 2 bridgehead atoms. The second-order valence-corrected chi connectivity index (χ2v) is 15.2. The summed E-state index contributed by atoms with van der Waals surface area (Å²) >= 11 is 0. The zero-order valence-corrected chi connectivity index (χ0v) is 27.0. The van der Waals surface area contributed by atoms with Crippen molar-refractivity contribution in [3.63, 3.8) is 0 Å². The molecule has 0 radical (unpaired) electrons. The Kier molecular flexibility index (Phi) is 9.32. The first-order chi connectivity index (χ1) is 21.0. The fourth-order valence-corrected chi connectivity index (χ4v) is 9.69.